The van der Waals surface area contributed by atoms with E-state index in [0.29, 0.717) is 26.2 Å². The van der Waals surface area contributed by atoms with Crippen molar-refractivity contribution in [1.29, 1.82) is 0 Å². The Morgan fingerprint density at radius 1 is 1.10 bits per heavy atom. The number of carboxylic acid groups (broad SMARTS) is 1. The van der Waals surface area contributed by atoms with Crippen LogP contribution in [0, 0.1) is 0 Å². The van der Waals surface area contributed by atoms with Gasteiger partial charge in [-0.25, -0.2) is 14.4 Å². The highest BCUT2D eigenvalue weighted by Gasteiger charge is 2.29. The zero-order valence-electron chi connectivity index (χ0n) is 17.1. The molecule has 1 aromatic rings. The molecule has 0 spiro atoms. The first-order chi connectivity index (χ1) is 13.6. The summed E-state index contributed by atoms with van der Waals surface area (Å²) in [6.45, 7) is 7.27. The summed E-state index contributed by atoms with van der Waals surface area (Å²) in [5, 5.41) is 11.8. The Balaban J connectivity index is 1.77. The molecule has 29 heavy (non-hydrogen) atoms. The van der Waals surface area contributed by atoms with Crippen LogP contribution in [-0.2, 0) is 20.9 Å². The third kappa shape index (κ3) is 7.98. The topological polar surface area (TPSA) is 108 Å². The highest BCUT2D eigenvalue weighted by atomic mass is 16.6. The third-order valence-corrected chi connectivity index (χ3v) is 4.27. The zero-order chi connectivity index (χ0) is 21.4. The summed E-state index contributed by atoms with van der Waals surface area (Å²) in [6, 6.07) is 8.33. The van der Waals surface area contributed by atoms with Crippen LogP contribution in [0.3, 0.4) is 0 Å². The van der Waals surface area contributed by atoms with E-state index in [9.17, 15) is 19.5 Å². The molecule has 0 aromatic heterocycles. The van der Waals surface area contributed by atoms with Crippen LogP contribution < -0.4 is 5.32 Å². The highest BCUT2D eigenvalue weighted by molar-refractivity contribution is 5.80. The largest absolute Gasteiger partial charge is 0.480 e. The maximum atomic E-state index is 12.2. The Morgan fingerprint density at radius 3 is 2.28 bits per heavy atom. The first-order valence-electron chi connectivity index (χ1n) is 9.54. The van der Waals surface area contributed by atoms with Gasteiger partial charge in [-0.05, 0) is 26.3 Å². The predicted molar refractivity (Wildman–Crippen MR) is 105 cm³/mol. The van der Waals surface area contributed by atoms with Crippen LogP contribution in [0.15, 0.2) is 30.3 Å². The minimum absolute atomic E-state index is 0.126. The minimum Gasteiger partial charge on any atom is -0.480 e. The fourth-order valence-electron chi connectivity index (χ4n) is 2.82. The van der Waals surface area contributed by atoms with Crippen molar-refractivity contribution >= 4 is 18.2 Å². The summed E-state index contributed by atoms with van der Waals surface area (Å²) in [6.07, 6.45) is -1.16. The molecule has 9 nitrogen and oxygen atoms in total. The van der Waals surface area contributed by atoms with Crippen molar-refractivity contribution in [3.63, 3.8) is 0 Å². The molecule has 160 valence electrons. The van der Waals surface area contributed by atoms with Gasteiger partial charge in [0.15, 0.2) is 0 Å². The number of ether oxygens (including phenoxy) is 2. The van der Waals surface area contributed by atoms with Crippen molar-refractivity contribution < 1.29 is 29.0 Å². The number of carboxylic acids is 1. The van der Waals surface area contributed by atoms with Gasteiger partial charge in [0.25, 0.3) is 0 Å². The molecule has 1 atom stereocenters. The number of carbonyl (C=O) groups excluding carboxylic acids is 2. The Labute approximate surface area is 170 Å². The fourth-order valence-corrected chi connectivity index (χ4v) is 2.82. The smallest absolute Gasteiger partial charge is 0.410 e. The van der Waals surface area contributed by atoms with E-state index in [4.69, 9.17) is 9.47 Å². The van der Waals surface area contributed by atoms with E-state index in [-0.39, 0.29) is 13.2 Å². The molecule has 1 heterocycles. The average Bonchev–Trinajstić information content (AvgIpc) is 2.65. The van der Waals surface area contributed by atoms with Crippen molar-refractivity contribution in [2.24, 2.45) is 0 Å². The van der Waals surface area contributed by atoms with Crippen LogP contribution in [0.1, 0.15) is 26.3 Å². The van der Waals surface area contributed by atoms with Gasteiger partial charge in [-0.1, -0.05) is 30.3 Å². The number of carbonyl (C=O) groups is 3. The summed E-state index contributed by atoms with van der Waals surface area (Å²) in [5.74, 6) is -1.14. The molecule has 1 fully saturated rings. The van der Waals surface area contributed by atoms with Crippen molar-refractivity contribution in [1.82, 2.24) is 15.1 Å². The zero-order valence-corrected chi connectivity index (χ0v) is 17.1. The maximum absolute atomic E-state index is 12.2. The van der Waals surface area contributed by atoms with Gasteiger partial charge in [0.05, 0.1) is 0 Å². The number of alkyl carbamates (subject to hydrolysis) is 1. The van der Waals surface area contributed by atoms with Crippen LogP contribution in [0.4, 0.5) is 9.59 Å². The van der Waals surface area contributed by atoms with Crippen LogP contribution >= 0.6 is 0 Å². The molecule has 0 bridgehead atoms. The second-order valence-electron chi connectivity index (χ2n) is 7.86. The Morgan fingerprint density at radius 2 is 1.72 bits per heavy atom. The lowest BCUT2D eigenvalue weighted by Gasteiger charge is -2.35. The molecule has 0 aliphatic carbocycles. The molecule has 0 radical (unpaired) electrons. The quantitative estimate of drug-likeness (QED) is 0.742. The molecule has 1 aliphatic rings. The number of aliphatic carboxylic acids is 1. The molecular formula is C20H29N3O6. The summed E-state index contributed by atoms with van der Waals surface area (Å²) in [4.78, 5) is 39.0. The van der Waals surface area contributed by atoms with Gasteiger partial charge in [-0.3, -0.25) is 4.90 Å². The normalized spacial score (nSPS) is 16.0. The summed E-state index contributed by atoms with van der Waals surface area (Å²) >= 11 is 0. The van der Waals surface area contributed by atoms with Gasteiger partial charge in [0, 0.05) is 32.7 Å². The van der Waals surface area contributed by atoms with Crippen LogP contribution in [0.25, 0.3) is 0 Å². The second kappa shape index (κ2) is 10.1. The molecule has 2 amide bonds. The number of hydrogen-bond acceptors (Lipinski definition) is 6. The van der Waals surface area contributed by atoms with E-state index in [2.05, 4.69) is 5.32 Å². The first kappa shape index (κ1) is 22.5. The van der Waals surface area contributed by atoms with Gasteiger partial charge in [-0.2, -0.15) is 0 Å². The average molecular weight is 407 g/mol. The van der Waals surface area contributed by atoms with E-state index in [1.54, 1.807) is 25.7 Å². The number of piperazine rings is 1. The lowest BCUT2D eigenvalue weighted by Crippen LogP contribution is -2.55. The molecule has 0 saturated carbocycles. The summed E-state index contributed by atoms with van der Waals surface area (Å²) in [7, 11) is 0. The van der Waals surface area contributed by atoms with E-state index in [0.717, 1.165) is 5.56 Å². The van der Waals surface area contributed by atoms with E-state index < -0.39 is 29.8 Å². The Kier molecular flexibility index (Phi) is 7.83. The number of nitrogens with zero attached hydrogens (tertiary/aromatic N) is 2. The summed E-state index contributed by atoms with van der Waals surface area (Å²) < 4.78 is 10.4. The second-order valence-corrected chi connectivity index (χ2v) is 7.86. The summed E-state index contributed by atoms with van der Waals surface area (Å²) in [5.41, 5.74) is 0.204. The van der Waals surface area contributed by atoms with Crippen LogP contribution in [0.5, 0.6) is 0 Å². The van der Waals surface area contributed by atoms with Crippen molar-refractivity contribution in [3.05, 3.63) is 35.9 Å². The molecular weight excluding hydrogens is 378 g/mol. The minimum atomic E-state index is -1.14. The van der Waals surface area contributed by atoms with Crippen molar-refractivity contribution in [2.75, 3.05) is 32.7 Å². The van der Waals surface area contributed by atoms with Gasteiger partial charge in [0.2, 0.25) is 0 Å². The van der Waals surface area contributed by atoms with Gasteiger partial charge >= 0.3 is 18.2 Å². The van der Waals surface area contributed by atoms with Gasteiger partial charge < -0.3 is 24.8 Å². The predicted octanol–water partition coefficient (Wildman–Crippen LogP) is 1.92. The van der Waals surface area contributed by atoms with Crippen LogP contribution in [-0.4, -0.2) is 77.4 Å². The SMILES string of the molecule is CC(C)(C)OC(=O)N[C@H](CN1CCN(C(=O)OCc2ccccc2)CC1)C(=O)O. The number of nitrogens with one attached hydrogen (secondary N) is 1. The third-order valence-electron chi connectivity index (χ3n) is 4.27. The molecule has 2 N–H and O–H groups in total. The van der Waals surface area contributed by atoms with E-state index in [1.807, 2.05) is 35.2 Å². The Bertz CT molecular complexity index is 696. The molecule has 2 rings (SSSR count). The monoisotopic (exact) mass is 407 g/mol. The number of hydrogen-bond donors (Lipinski definition) is 2. The van der Waals surface area contributed by atoms with Crippen molar-refractivity contribution in [3.8, 4) is 0 Å². The van der Waals surface area contributed by atoms with E-state index in [1.165, 1.54) is 0 Å². The van der Waals surface area contributed by atoms with Crippen LogP contribution in [0.2, 0.25) is 0 Å². The first-order valence-corrected chi connectivity index (χ1v) is 9.54. The van der Waals surface area contributed by atoms with Gasteiger partial charge in [-0.15, -0.1) is 0 Å². The number of amides is 2. The van der Waals surface area contributed by atoms with E-state index >= 15 is 0 Å². The lowest BCUT2D eigenvalue weighted by atomic mass is 10.2. The molecule has 9 heteroatoms. The molecule has 0 unspecified atom stereocenters. The fraction of sp³-hybridized carbons (Fsp3) is 0.550. The maximum Gasteiger partial charge on any atom is 0.410 e. The number of benzene rings is 1. The standard InChI is InChI=1S/C20H29N3O6/c1-20(2,3)29-18(26)21-16(17(24)25)13-22-9-11-23(12-10-22)19(27)28-14-15-7-5-4-6-8-15/h4-8,16H,9-14H2,1-3H3,(H,21,26)(H,24,25)/t16-/m1/s1. The lowest BCUT2D eigenvalue weighted by molar-refractivity contribution is -0.140. The Hall–Kier alpha value is -2.81. The van der Waals surface area contributed by atoms with Gasteiger partial charge in [0.1, 0.15) is 18.2 Å². The van der Waals surface area contributed by atoms with Crippen molar-refractivity contribution in [2.45, 2.75) is 39.0 Å². The number of rotatable bonds is 6. The highest BCUT2D eigenvalue weighted by Crippen LogP contribution is 2.09. The molecule has 1 aliphatic heterocycles. The molecule has 1 aromatic carbocycles. The molecule has 1 saturated heterocycles.